The molecule has 0 saturated carbocycles. The number of pyridine rings is 1. The molecule has 0 aliphatic rings. The molecule has 4 nitrogen and oxygen atoms in total. The first kappa shape index (κ1) is 8.67. The number of carbonyl (C=O) groups is 1. The fourth-order valence-electron chi connectivity index (χ4n) is 0.801. The van der Waals surface area contributed by atoms with E-state index in [2.05, 4.69) is 4.98 Å². The lowest BCUT2D eigenvalue weighted by Gasteiger charge is -2.03. The van der Waals surface area contributed by atoms with Crippen molar-refractivity contribution in [2.75, 3.05) is 0 Å². The van der Waals surface area contributed by atoms with Crippen LogP contribution in [0.3, 0.4) is 0 Å². The Hall–Kier alpha value is -1.42. The number of aromatic carboxylic acids is 1. The molecule has 3 N–H and O–H groups in total. The molecule has 1 aromatic rings. The van der Waals surface area contributed by atoms with Gasteiger partial charge in [-0.3, -0.25) is 4.98 Å². The lowest BCUT2D eigenvalue weighted by Crippen LogP contribution is -2.08. The highest BCUT2D eigenvalue weighted by atomic mass is 16.4. The summed E-state index contributed by atoms with van der Waals surface area (Å²) in [7, 11) is 0. The Kier molecular flexibility index (Phi) is 2.40. The van der Waals surface area contributed by atoms with E-state index in [0.29, 0.717) is 5.69 Å². The van der Waals surface area contributed by atoms with Crippen LogP contribution >= 0.6 is 0 Å². The topological polar surface area (TPSA) is 76.2 Å². The third kappa shape index (κ3) is 1.79. The third-order valence-electron chi connectivity index (χ3n) is 1.50. The van der Waals surface area contributed by atoms with Crippen molar-refractivity contribution >= 4 is 5.97 Å². The molecule has 1 heterocycles. The van der Waals surface area contributed by atoms with Gasteiger partial charge in [-0.25, -0.2) is 4.79 Å². The van der Waals surface area contributed by atoms with Gasteiger partial charge in [0, 0.05) is 12.2 Å². The molecule has 1 rings (SSSR count). The van der Waals surface area contributed by atoms with Gasteiger partial charge in [-0.05, 0) is 19.1 Å². The lowest BCUT2D eigenvalue weighted by molar-refractivity contribution is 0.0696. The van der Waals surface area contributed by atoms with Crippen molar-refractivity contribution in [3.63, 3.8) is 0 Å². The van der Waals surface area contributed by atoms with E-state index in [1.54, 1.807) is 13.0 Å². The standard InChI is InChI=1S/C8H10N2O2/c1-5(9)7-3-2-6(4-10-7)8(11)12/h2-5H,9H2,1H3,(H,11,12)/t5-/m1/s1. The molecule has 0 saturated heterocycles. The summed E-state index contributed by atoms with van der Waals surface area (Å²) in [5.41, 5.74) is 6.40. The van der Waals surface area contributed by atoms with E-state index >= 15 is 0 Å². The van der Waals surface area contributed by atoms with E-state index in [1.807, 2.05) is 0 Å². The summed E-state index contributed by atoms with van der Waals surface area (Å²) in [4.78, 5) is 14.3. The normalized spacial score (nSPS) is 12.5. The number of hydrogen-bond acceptors (Lipinski definition) is 3. The molecule has 0 amide bonds. The summed E-state index contributed by atoms with van der Waals surface area (Å²) in [6.07, 6.45) is 1.31. The maximum atomic E-state index is 10.4. The van der Waals surface area contributed by atoms with E-state index in [4.69, 9.17) is 10.8 Å². The quantitative estimate of drug-likeness (QED) is 0.681. The minimum absolute atomic E-state index is 0.159. The largest absolute Gasteiger partial charge is 0.478 e. The molecule has 12 heavy (non-hydrogen) atoms. The first-order valence-electron chi connectivity index (χ1n) is 3.56. The molecule has 0 aromatic carbocycles. The number of hydrogen-bond donors (Lipinski definition) is 2. The predicted octanol–water partition coefficient (Wildman–Crippen LogP) is 0.800. The van der Waals surface area contributed by atoms with Gasteiger partial charge in [0.25, 0.3) is 0 Å². The molecule has 0 aliphatic carbocycles. The smallest absolute Gasteiger partial charge is 0.337 e. The van der Waals surface area contributed by atoms with Gasteiger partial charge in [-0.15, -0.1) is 0 Å². The summed E-state index contributed by atoms with van der Waals surface area (Å²) < 4.78 is 0. The van der Waals surface area contributed by atoms with Crippen molar-refractivity contribution in [1.29, 1.82) is 0 Å². The highest BCUT2D eigenvalue weighted by Gasteiger charge is 2.04. The highest BCUT2D eigenvalue weighted by molar-refractivity contribution is 5.87. The van der Waals surface area contributed by atoms with Crippen LogP contribution in [0.4, 0.5) is 0 Å². The van der Waals surface area contributed by atoms with Crippen LogP contribution in [-0.4, -0.2) is 16.1 Å². The number of nitrogens with zero attached hydrogens (tertiary/aromatic N) is 1. The van der Waals surface area contributed by atoms with E-state index < -0.39 is 5.97 Å². The SMILES string of the molecule is C[C@@H](N)c1ccc(C(=O)O)cn1. The zero-order valence-electron chi connectivity index (χ0n) is 6.69. The molecule has 0 aliphatic heterocycles. The zero-order chi connectivity index (χ0) is 9.14. The summed E-state index contributed by atoms with van der Waals surface area (Å²) in [5.74, 6) is -0.973. The lowest BCUT2D eigenvalue weighted by atomic mass is 10.2. The highest BCUT2D eigenvalue weighted by Crippen LogP contribution is 2.06. The molecule has 4 heteroatoms. The maximum absolute atomic E-state index is 10.4. The number of aromatic nitrogens is 1. The van der Waals surface area contributed by atoms with Gasteiger partial charge in [-0.2, -0.15) is 0 Å². The summed E-state index contributed by atoms with van der Waals surface area (Å²) in [6, 6.07) is 2.95. The second-order valence-corrected chi connectivity index (χ2v) is 2.57. The average molecular weight is 166 g/mol. The second-order valence-electron chi connectivity index (χ2n) is 2.57. The molecule has 0 spiro atoms. The number of carboxylic acids is 1. The van der Waals surface area contributed by atoms with Crippen LogP contribution in [0.2, 0.25) is 0 Å². The molecular formula is C8H10N2O2. The molecule has 0 fully saturated rings. The molecule has 1 atom stereocenters. The third-order valence-corrected chi connectivity index (χ3v) is 1.50. The first-order valence-corrected chi connectivity index (χ1v) is 3.56. The fourth-order valence-corrected chi connectivity index (χ4v) is 0.801. The Labute approximate surface area is 70.0 Å². The maximum Gasteiger partial charge on any atom is 0.337 e. The summed E-state index contributed by atoms with van der Waals surface area (Å²) in [5, 5.41) is 8.54. The second kappa shape index (κ2) is 3.32. The minimum Gasteiger partial charge on any atom is -0.478 e. The molecule has 1 aromatic heterocycles. The van der Waals surface area contributed by atoms with Crippen LogP contribution in [-0.2, 0) is 0 Å². The predicted molar refractivity (Wildman–Crippen MR) is 43.8 cm³/mol. The van der Waals surface area contributed by atoms with Crippen molar-refractivity contribution in [2.45, 2.75) is 13.0 Å². The van der Waals surface area contributed by atoms with Crippen molar-refractivity contribution < 1.29 is 9.90 Å². The van der Waals surface area contributed by atoms with Crippen LogP contribution in [0, 0.1) is 0 Å². The zero-order valence-corrected chi connectivity index (χ0v) is 6.69. The van der Waals surface area contributed by atoms with Gasteiger partial charge in [-0.1, -0.05) is 0 Å². The van der Waals surface area contributed by atoms with E-state index in [0.717, 1.165) is 0 Å². The number of nitrogens with two attached hydrogens (primary N) is 1. The van der Waals surface area contributed by atoms with Crippen molar-refractivity contribution in [2.24, 2.45) is 5.73 Å². The summed E-state index contributed by atoms with van der Waals surface area (Å²) >= 11 is 0. The van der Waals surface area contributed by atoms with Crippen LogP contribution in [0.15, 0.2) is 18.3 Å². The minimum atomic E-state index is -0.973. The van der Waals surface area contributed by atoms with Gasteiger partial charge in [0.15, 0.2) is 0 Å². The molecule has 0 radical (unpaired) electrons. The van der Waals surface area contributed by atoms with Crippen molar-refractivity contribution in [3.05, 3.63) is 29.6 Å². The molecule has 0 unspecified atom stereocenters. The van der Waals surface area contributed by atoms with E-state index in [9.17, 15) is 4.79 Å². The number of rotatable bonds is 2. The van der Waals surface area contributed by atoms with Crippen LogP contribution in [0.1, 0.15) is 29.0 Å². The average Bonchev–Trinajstić information content (AvgIpc) is 2.04. The fraction of sp³-hybridized carbons (Fsp3) is 0.250. The first-order chi connectivity index (χ1) is 5.61. The van der Waals surface area contributed by atoms with Crippen LogP contribution in [0.5, 0.6) is 0 Å². The Morgan fingerprint density at radius 3 is 2.67 bits per heavy atom. The van der Waals surface area contributed by atoms with Gasteiger partial charge < -0.3 is 10.8 Å². The van der Waals surface area contributed by atoms with Crippen LogP contribution in [0.25, 0.3) is 0 Å². The van der Waals surface area contributed by atoms with Crippen molar-refractivity contribution in [1.82, 2.24) is 4.98 Å². The molecule has 64 valence electrons. The van der Waals surface area contributed by atoms with E-state index in [1.165, 1.54) is 12.3 Å². The van der Waals surface area contributed by atoms with Gasteiger partial charge in [0.1, 0.15) is 0 Å². The Balaban J connectivity index is 2.93. The Bertz CT molecular complexity index is 280. The number of carboxylic acid groups (broad SMARTS) is 1. The van der Waals surface area contributed by atoms with E-state index in [-0.39, 0.29) is 11.6 Å². The van der Waals surface area contributed by atoms with Gasteiger partial charge in [0.05, 0.1) is 11.3 Å². The Morgan fingerprint density at radius 2 is 2.33 bits per heavy atom. The van der Waals surface area contributed by atoms with Gasteiger partial charge >= 0.3 is 5.97 Å². The molecule has 0 bridgehead atoms. The van der Waals surface area contributed by atoms with Crippen molar-refractivity contribution in [3.8, 4) is 0 Å². The Morgan fingerprint density at radius 1 is 1.67 bits per heavy atom. The van der Waals surface area contributed by atoms with Gasteiger partial charge in [0.2, 0.25) is 0 Å². The monoisotopic (exact) mass is 166 g/mol. The summed E-state index contributed by atoms with van der Waals surface area (Å²) in [6.45, 7) is 1.79. The van der Waals surface area contributed by atoms with Crippen LogP contribution < -0.4 is 5.73 Å². The molecular weight excluding hydrogens is 156 g/mol.